The molecule has 1 aliphatic rings. The molecule has 1 saturated carbocycles. The van der Waals surface area contributed by atoms with Gasteiger partial charge in [-0.1, -0.05) is 18.5 Å². The molecule has 0 heterocycles. The summed E-state index contributed by atoms with van der Waals surface area (Å²) in [6.45, 7) is 2.26. The second-order valence-electron chi connectivity index (χ2n) is 6.64. The third-order valence-electron chi connectivity index (χ3n) is 5.07. The first-order valence-corrected chi connectivity index (χ1v) is 8.02. The topological polar surface area (TPSA) is 23.5 Å². The standard InChI is InChI=1S/C17H25ClFNO/c1-12-6-8-17(9-7-12,20(2)3)16(21)11-13-10-14(19)4-5-15(13)18/h4-5,10,12,16,21H,6-9,11H2,1-3H3. The number of halogens is 2. The first-order chi connectivity index (χ1) is 9.85. The van der Waals surface area contributed by atoms with Crippen molar-refractivity contribution in [2.45, 2.75) is 50.7 Å². The minimum absolute atomic E-state index is 0.234. The largest absolute Gasteiger partial charge is 0.391 e. The number of rotatable bonds is 4. The van der Waals surface area contributed by atoms with Crippen LogP contribution in [0.4, 0.5) is 4.39 Å². The third-order valence-corrected chi connectivity index (χ3v) is 5.44. The molecular weight excluding hydrogens is 289 g/mol. The van der Waals surface area contributed by atoms with Gasteiger partial charge in [0.15, 0.2) is 0 Å². The number of nitrogens with zero attached hydrogens (tertiary/aromatic N) is 1. The number of aliphatic hydroxyl groups excluding tert-OH is 1. The molecule has 0 aliphatic heterocycles. The van der Waals surface area contributed by atoms with Gasteiger partial charge in [0.05, 0.1) is 6.10 Å². The van der Waals surface area contributed by atoms with E-state index in [4.69, 9.17) is 11.6 Å². The molecule has 1 unspecified atom stereocenters. The van der Waals surface area contributed by atoms with Crippen molar-refractivity contribution >= 4 is 11.6 Å². The molecule has 0 saturated heterocycles. The summed E-state index contributed by atoms with van der Waals surface area (Å²) >= 11 is 6.14. The first-order valence-electron chi connectivity index (χ1n) is 7.64. The number of hydrogen-bond donors (Lipinski definition) is 1. The summed E-state index contributed by atoms with van der Waals surface area (Å²) in [4.78, 5) is 2.14. The van der Waals surface area contributed by atoms with E-state index in [1.54, 1.807) is 6.07 Å². The van der Waals surface area contributed by atoms with Crippen LogP contribution in [0.3, 0.4) is 0 Å². The van der Waals surface area contributed by atoms with E-state index in [-0.39, 0.29) is 11.4 Å². The van der Waals surface area contributed by atoms with Gasteiger partial charge >= 0.3 is 0 Å². The van der Waals surface area contributed by atoms with Crippen molar-refractivity contribution in [3.05, 3.63) is 34.6 Å². The number of benzene rings is 1. The number of hydrogen-bond acceptors (Lipinski definition) is 2. The molecule has 118 valence electrons. The maximum atomic E-state index is 13.4. The molecule has 1 aromatic rings. The second-order valence-corrected chi connectivity index (χ2v) is 7.04. The van der Waals surface area contributed by atoms with Crippen molar-refractivity contribution in [3.8, 4) is 0 Å². The molecule has 2 rings (SSSR count). The third kappa shape index (κ3) is 3.58. The van der Waals surface area contributed by atoms with Crippen LogP contribution in [-0.4, -0.2) is 35.7 Å². The molecule has 0 radical (unpaired) electrons. The molecule has 1 N–H and O–H groups in total. The summed E-state index contributed by atoms with van der Waals surface area (Å²) in [5.74, 6) is 0.404. The normalized spacial score (nSPS) is 27.9. The van der Waals surface area contributed by atoms with E-state index in [0.717, 1.165) is 25.7 Å². The number of likely N-dealkylation sites (N-methyl/N-ethyl adjacent to an activating group) is 1. The van der Waals surface area contributed by atoms with Crippen molar-refractivity contribution < 1.29 is 9.50 Å². The molecule has 21 heavy (non-hydrogen) atoms. The van der Waals surface area contributed by atoms with Gasteiger partial charge in [-0.3, -0.25) is 0 Å². The van der Waals surface area contributed by atoms with Crippen molar-refractivity contribution in [1.29, 1.82) is 0 Å². The van der Waals surface area contributed by atoms with Crippen molar-refractivity contribution in [1.82, 2.24) is 4.90 Å². The molecule has 0 bridgehead atoms. The monoisotopic (exact) mass is 313 g/mol. The molecule has 0 spiro atoms. The fraction of sp³-hybridized carbons (Fsp3) is 0.647. The fourth-order valence-corrected chi connectivity index (χ4v) is 3.63. The van der Waals surface area contributed by atoms with Gasteiger partial charge in [0.1, 0.15) is 5.82 Å². The Morgan fingerprint density at radius 2 is 2.00 bits per heavy atom. The molecular formula is C17H25ClFNO. The van der Waals surface area contributed by atoms with Gasteiger partial charge < -0.3 is 10.0 Å². The minimum Gasteiger partial charge on any atom is -0.391 e. The minimum atomic E-state index is -0.542. The summed E-state index contributed by atoms with van der Waals surface area (Å²) < 4.78 is 13.4. The van der Waals surface area contributed by atoms with E-state index < -0.39 is 6.10 Å². The van der Waals surface area contributed by atoms with Gasteiger partial charge in [0.25, 0.3) is 0 Å². The fourth-order valence-electron chi connectivity index (χ4n) is 3.44. The van der Waals surface area contributed by atoms with Crippen LogP contribution in [0, 0.1) is 11.7 Å². The van der Waals surface area contributed by atoms with Gasteiger partial charge in [-0.2, -0.15) is 0 Å². The molecule has 0 aromatic heterocycles. The highest BCUT2D eigenvalue weighted by Crippen LogP contribution is 2.39. The average Bonchev–Trinajstić information content (AvgIpc) is 2.43. The molecule has 2 nitrogen and oxygen atoms in total. The maximum absolute atomic E-state index is 13.4. The lowest BCUT2D eigenvalue weighted by Crippen LogP contribution is -2.56. The Labute approximate surface area is 131 Å². The molecule has 4 heteroatoms. The summed E-state index contributed by atoms with van der Waals surface area (Å²) in [6, 6.07) is 4.34. The second kappa shape index (κ2) is 6.64. The highest BCUT2D eigenvalue weighted by Gasteiger charge is 2.42. The van der Waals surface area contributed by atoms with Gasteiger partial charge in [0.2, 0.25) is 0 Å². The van der Waals surface area contributed by atoms with Gasteiger partial charge in [-0.05, 0) is 69.5 Å². The van der Waals surface area contributed by atoms with E-state index in [1.165, 1.54) is 12.1 Å². The Morgan fingerprint density at radius 3 is 2.57 bits per heavy atom. The molecule has 1 fully saturated rings. The van der Waals surface area contributed by atoms with Crippen LogP contribution < -0.4 is 0 Å². The average molecular weight is 314 g/mol. The summed E-state index contributed by atoms with van der Waals surface area (Å²) in [5, 5.41) is 11.3. The van der Waals surface area contributed by atoms with Gasteiger partial charge in [0, 0.05) is 17.0 Å². The van der Waals surface area contributed by atoms with E-state index in [0.29, 0.717) is 22.9 Å². The van der Waals surface area contributed by atoms with E-state index in [1.807, 2.05) is 14.1 Å². The zero-order valence-corrected chi connectivity index (χ0v) is 13.8. The summed E-state index contributed by atoms with van der Waals surface area (Å²) in [7, 11) is 4.04. The van der Waals surface area contributed by atoms with E-state index in [2.05, 4.69) is 11.8 Å². The SMILES string of the molecule is CC1CCC(C(O)Cc2cc(F)ccc2Cl)(N(C)C)CC1. The molecule has 0 amide bonds. The quantitative estimate of drug-likeness (QED) is 0.911. The van der Waals surface area contributed by atoms with Crippen LogP contribution in [0.25, 0.3) is 0 Å². The Balaban J connectivity index is 2.19. The van der Waals surface area contributed by atoms with Crippen LogP contribution in [0.15, 0.2) is 18.2 Å². The van der Waals surface area contributed by atoms with Crippen molar-refractivity contribution in [2.75, 3.05) is 14.1 Å². The maximum Gasteiger partial charge on any atom is 0.123 e. The number of aliphatic hydroxyl groups is 1. The Hall–Kier alpha value is -0.640. The summed E-state index contributed by atoms with van der Waals surface area (Å²) in [6.07, 6.45) is 4.02. The lowest BCUT2D eigenvalue weighted by Gasteiger charge is -2.48. The summed E-state index contributed by atoms with van der Waals surface area (Å²) in [5.41, 5.74) is 0.450. The highest BCUT2D eigenvalue weighted by molar-refractivity contribution is 6.31. The van der Waals surface area contributed by atoms with Crippen LogP contribution in [0.2, 0.25) is 5.02 Å². The Kier molecular flexibility index (Phi) is 5.29. The Morgan fingerprint density at radius 1 is 1.38 bits per heavy atom. The van der Waals surface area contributed by atoms with Gasteiger partial charge in [-0.15, -0.1) is 0 Å². The van der Waals surface area contributed by atoms with Crippen LogP contribution >= 0.6 is 11.6 Å². The molecule has 1 atom stereocenters. The molecule has 1 aliphatic carbocycles. The zero-order valence-electron chi connectivity index (χ0n) is 13.1. The zero-order chi connectivity index (χ0) is 15.6. The smallest absolute Gasteiger partial charge is 0.123 e. The van der Waals surface area contributed by atoms with E-state index in [9.17, 15) is 9.50 Å². The predicted octanol–water partition coefficient (Wildman–Crippen LogP) is 3.89. The van der Waals surface area contributed by atoms with Crippen molar-refractivity contribution in [3.63, 3.8) is 0 Å². The van der Waals surface area contributed by atoms with Crippen LogP contribution in [-0.2, 0) is 6.42 Å². The predicted molar refractivity (Wildman–Crippen MR) is 85.2 cm³/mol. The van der Waals surface area contributed by atoms with E-state index >= 15 is 0 Å². The van der Waals surface area contributed by atoms with Crippen molar-refractivity contribution in [2.24, 2.45) is 5.92 Å². The highest BCUT2D eigenvalue weighted by atomic mass is 35.5. The first kappa shape index (κ1) is 16.7. The lowest BCUT2D eigenvalue weighted by atomic mass is 9.72. The van der Waals surface area contributed by atoms with Crippen LogP contribution in [0.1, 0.15) is 38.2 Å². The molecule has 1 aromatic carbocycles. The van der Waals surface area contributed by atoms with Gasteiger partial charge in [-0.25, -0.2) is 4.39 Å². The van der Waals surface area contributed by atoms with Crippen LogP contribution in [0.5, 0.6) is 0 Å². The lowest BCUT2D eigenvalue weighted by molar-refractivity contribution is -0.0382. The Bertz CT molecular complexity index is 484.